The molecule has 6 nitrogen and oxygen atoms in total. The summed E-state index contributed by atoms with van der Waals surface area (Å²) in [7, 11) is 0. The molecule has 0 spiro atoms. The first kappa shape index (κ1) is 13.8. The molecule has 1 aromatic heterocycles. The van der Waals surface area contributed by atoms with E-state index in [4.69, 9.17) is 0 Å². The molecule has 0 radical (unpaired) electrons. The van der Waals surface area contributed by atoms with Crippen molar-refractivity contribution in [3.05, 3.63) is 15.8 Å². The van der Waals surface area contributed by atoms with E-state index in [0.717, 1.165) is 18.9 Å². The van der Waals surface area contributed by atoms with Crippen LogP contribution in [0.1, 0.15) is 51.3 Å². The maximum absolute atomic E-state index is 11.1. The van der Waals surface area contributed by atoms with Gasteiger partial charge in [0.15, 0.2) is 0 Å². The van der Waals surface area contributed by atoms with Crippen LogP contribution in [0, 0.1) is 23.0 Å². The van der Waals surface area contributed by atoms with Crippen molar-refractivity contribution in [2.24, 2.45) is 5.92 Å². The molecule has 19 heavy (non-hydrogen) atoms. The maximum atomic E-state index is 11.1. The molecule has 1 aliphatic rings. The fourth-order valence-corrected chi connectivity index (χ4v) is 2.30. The largest absolute Gasteiger partial charge is 0.365 e. The number of anilines is 1. The summed E-state index contributed by atoms with van der Waals surface area (Å²) in [5, 5.41) is 18.6. The second-order valence-corrected chi connectivity index (χ2v) is 5.59. The van der Waals surface area contributed by atoms with E-state index in [1.807, 2.05) is 13.8 Å². The average Bonchev–Trinajstić information content (AvgIpc) is 3.07. The third-order valence-corrected chi connectivity index (χ3v) is 3.50. The van der Waals surface area contributed by atoms with Crippen molar-refractivity contribution in [1.29, 1.82) is 0 Å². The monoisotopic (exact) mass is 266 g/mol. The molecule has 1 aliphatic carbocycles. The molecule has 2 rings (SSSR count). The van der Waals surface area contributed by atoms with Gasteiger partial charge in [0.05, 0.1) is 4.92 Å². The minimum atomic E-state index is -0.343. The third-order valence-electron chi connectivity index (χ3n) is 3.50. The second-order valence-electron chi connectivity index (χ2n) is 5.59. The van der Waals surface area contributed by atoms with E-state index >= 15 is 0 Å². The molecule has 0 amide bonds. The molecule has 1 saturated carbocycles. The van der Waals surface area contributed by atoms with E-state index < -0.39 is 0 Å². The molecular weight excluding hydrogens is 244 g/mol. The first-order valence-corrected chi connectivity index (χ1v) is 6.98. The Bertz CT molecular complexity index is 463. The van der Waals surface area contributed by atoms with Crippen molar-refractivity contribution in [2.75, 3.05) is 11.9 Å². The molecule has 0 bridgehead atoms. The van der Waals surface area contributed by atoms with Gasteiger partial charge >= 0.3 is 5.69 Å². The van der Waals surface area contributed by atoms with E-state index in [0.29, 0.717) is 11.5 Å². The molecule has 1 fully saturated rings. The lowest BCUT2D eigenvalue weighted by Crippen LogP contribution is -2.12. The van der Waals surface area contributed by atoms with Gasteiger partial charge in [0.1, 0.15) is 5.69 Å². The second kappa shape index (κ2) is 5.59. The lowest BCUT2D eigenvalue weighted by molar-refractivity contribution is -0.384. The molecule has 1 N–H and O–H groups in total. The summed E-state index contributed by atoms with van der Waals surface area (Å²) in [4.78, 5) is 10.8. The van der Waals surface area contributed by atoms with Crippen LogP contribution in [-0.2, 0) is 0 Å². The van der Waals surface area contributed by atoms with Crippen LogP contribution in [0.3, 0.4) is 0 Å². The predicted octanol–water partition coefficient (Wildman–Crippen LogP) is 3.28. The number of hydrogen-bond acceptors (Lipinski definition) is 4. The minimum absolute atomic E-state index is 0.110. The summed E-state index contributed by atoms with van der Waals surface area (Å²) in [6.45, 7) is 6.42. The Labute approximate surface area is 113 Å². The van der Waals surface area contributed by atoms with Crippen molar-refractivity contribution < 1.29 is 4.92 Å². The highest BCUT2D eigenvalue weighted by Crippen LogP contribution is 2.34. The molecule has 1 aromatic rings. The number of aromatic nitrogens is 2. The van der Waals surface area contributed by atoms with Crippen molar-refractivity contribution in [2.45, 2.75) is 52.5 Å². The Kier molecular flexibility index (Phi) is 4.07. The van der Waals surface area contributed by atoms with E-state index in [1.54, 1.807) is 11.6 Å². The quantitative estimate of drug-likeness (QED) is 0.467. The van der Waals surface area contributed by atoms with Crippen LogP contribution in [0.5, 0.6) is 0 Å². The number of nitrogens with zero attached hydrogens (tertiary/aromatic N) is 3. The zero-order valence-corrected chi connectivity index (χ0v) is 11.8. The van der Waals surface area contributed by atoms with E-state index in [-0.39, 0.29) is 16.7 Å². The fourth-order valence-electron chi connectivity index (χ4n) is 2.30. The predicted molar refractivity (Wildman–Crippen MR) is 74.5 cm³/mol. The molecule has 1 heterocycles. The molecule has 106 valence electrons. The lowest BCUT2D eigenvalue weighted by atomic mass is 10.2. The SMILES string of the molecule is Cc1nn(C(C)C)c(NCCCC2CC2)c1[N+](=O)[O-]. The van der Waals surface area contributed by atoms with Crippen molar-refractivity contribution in [3.63, 3.8) is 0 Å². The maximum Gasteiger partial charge on any atom is 0.333 e. The van der Waals surface area contributed by atoms with E-state index in [2.05, 4.69) is 10.4 Å². The van der Waals surface area contributed by atoms with Gasteiger partial charge in [0, 0.05) is 12.6 Å². The number of aryl methyl sites for hydroxylation is 1. The van der Waals surface area contributed by atoms with E-state index in [1.165, 1.54) is 19.3 Å². The smallest absolute Gasteiger partial charge is 0.333 e. The molecule has 0 saturated heterocycles. The first-order chi connectivity index (χ1) is 9.00. The fraction of sp³-hybridized carbons (Fsp3) is 0.769. The number of nitro groups is 1. The van der Waals surface area contributed by atoms with Gasteiger partial charge in [0.25, 0.3) is 0 Å². The lowest BCUT2D eigenvalue weighted by Gasteiger charge is -2.11. The summed E-state index contributed by atoms with van der Waals surface area (Å²) < 4.78 is 1.71. The van der Waals surface area contributed by atoms with Crippen LogP contribution in [-0.4, -0.2) is 21.2 Å². The van der Waals surface area contributed by atoms with Gasteiger partial charge in [-0.2, -0.15) is 5.10 Å². The summed E-state index contributed by atoms with van der Waals surface area (Å²) in [5.74, 6) is 1.45. The van der Waals surface area contributed by atoms with Crippen molar-refractivity contribution >= 4 is 11.5 Å². The molecule has 0 aromatic carbocycles. The van der Waals surface area contributed by atoms with Gasteiger partial charge in [-0.15, -0.1) is 0 Å². The molecule has 0 atom stereocenters. The Morgan fingerprint density at radius 2 is 2.21 bits per heavy atom. The number of hydrogen-bond donors (Lipinski definition) is 1. The van der Waals surface area contributed by atoms with Gasteiger partial charge in [-0.25, -0.2) is 4.68 Å². The van der Waals surface area contributed by atoms with Crippen LogP contribution < -0.4 is 5.32 Å². The highest BCUT2D eigenvalue weighted by atomic mass is 16.6. The summed E-state index contributed by atoms with van der Waals surface area (Å²) in [6, 6.07) is 0.110. The topological polar surface area (TPSA) is 73.0 Å². The van der Waals surface area contributed by atoms with Crippen molar-refractivity contribution in [1.82, 2.24) is 9.78 Å². The Balaban J connectivity index is 2.07. The van der Waals surface area contributed by atoms with Gasteiger partial charge in [0.2, 0.25) is 5.82 Å². The highest BCUT2D eigenvalue weighted by Gasteiger charge is 2.26. The summed E-state index contributed by atoms with van der Waals surface area (Å²) in [6.07, 6.45) is 4.98. The molecule has 0 aliphatic heterocycles. The summed E-state index contributed by atoms with van der Waals surface area (Å²) in [5.41, 5.74) is 0.587. The van der Waals surface area contributed by atoms with Gasteiger partial charge in [-0.3, -0.25) is 10.1 Å². The van der Waals surface area contributed by atoms with Crippen molar-refractivity contribution in [3.8, 4) is 0 Å². The zero-order valence-electron chi connectivity index (χ0n) is 11.8. The normalized spacial score (nSPS) is 14.9. The standard InChI is InChI=1S/C13H22N4O2/c1-9(2)16-13(12(17(18)19)10(3)15-16)14-8-4-5-11-6-7-11/h9,11,14H,4-8H2,1-3H3. The molecule has 0 unspecified atom stereocenters. The van der Waals surface area contributed by atoms with Crippen LogP contribution in [0.25, 0.3) is 0 Å². The first-order valence-electron chi connectivity index (χ1n) is 6.98. The molecule has 6 heteroatoms. The Hall–Kier alpha value is -1.59. The Morgan fingerprint density at radius 3 is 2.74 bits per heavy atom. The van der Waals surface area contributed by atoms with E-state index in [9.17, 15) is 10.1 Å². The van der Waals surface area contributed by atoms with Crippen LogP contribution in [0.15, 0.2) is 0 Å². The Morgan fingerprint density at radius 1 is 1.53 bits per heavy atom. The zero-order chi connectivity index (χ0) is 14.0. The number of rotatable bonds is 7. The van der Waals surface area contributed by atoms with Gasteiger partial charge in [-0.1, -0.05) is 12.8 Å². The third kappa shape index (κ3) is 3.24. The average molecular weight is 266 g/mol. The minimum Gasteiger partial charge on any atom is -0.365 e. The molecular formula is C13H22N4O2. The van der Waals surface area contributed by atoms with Crippen LogP contribution in [0.4, 0.5) is 11.5 Å². The highest BCUT2D eigenvalue weighted by molar-refractivity contribution is 5.59. The van der Waals surface area contributed by atoms with Crippen LogP contribution >= 0.6 is 0 Å². The van der Waals surface area contributed by atoms with Gasteiger partial charge < -0.3 is 5.32 Å². The van der Waals surface area contributed by atoms with Crippen LogP contribution in [0.2, 0.25) is 0 Å². The number of nitrogens with one attached hydrogen (secondary N) is 1. The summed E-state index contributed by atoms with van der Waals surface area (Å²) >= 11 is 0. The van der Waals surface area contributed by atoms with Gasteiger partial charge in [-0.05, 0) is 39.5 Å².